The van der Waals surface area contributed by atoms with E-state index < -0.39 is 5.91 Å². The molecule has 4 aromatic rings. The monoisotopic (exact) mass is 415 g/mol. The summed E-state index contributed by atoms with van der Waals surface area (Å²) < 4.78 is 16.4. The lowest BCUT2D eigenvalue weighted by molar-refractivity contribution is 0.0989. The van der Waals surface area contributed by atoms with Gasteiger partial charge >= 0.3 is 0 Å². The van der Waals surface area contributed by atoms with E-state index in [4.69, 9.17) is 13.7 Å². The van der Waals surface area contributed by atoms with Gasteiger partial charge in [0.1, 0.15) is 5.75 Å². The molecular weight excluding hydrogens is 398 g/mol. The highest BCUT2D eigenvalue weighted by Crippen LogP contribution is 2.39. The predicted molar refractivity (Wildman–Crippen MR) is 113 cm³/mol. The highest BCUT2D eigenvalue weighted by molar-refractivity contribution is 6.11. The van der Waals surface area contributed by atoms with E-state index in [2.05, 4.69) is 10.5 Å². The van der Waals surface area contributed by atoms with E-state index >= 15 is 0 Å². The van der Waals surface area contributed by atoms with E-state index in [-0.39, 0.29) is 11.6 Å². The topological polar surface area (TPSA) is 97.8 Å². The highest BCUT2D eigenvalue weighted by atomic mass is 16.5. The summed E-state index contributed by atoms with van der Waals surface area (Å²) in [6.07, 6.45) is 1.50. The van der Waals surface area contributed by atoms with Crippen molar-refractivity contribution in [3.05, 3.63) is 77.7 Å². The number of ether oxygens (including phenoxy) is 1. The minimum atomic E-state index is -0.476. The Morgan fingerprint density at radius 1 is 1.03 bits per heavy atom. The van der Waals surface area contributed by atoms with Crippen molar-refractivity contribution >= 4 is 23.2 Å². The summed E-state index contributed by atoms with van der Waals surface area (Å²) in [7, 11) is 1.69. The van der Waals surface area contributed by atoms with Gasteiger partial charge in [-0.2, -0.15) is 0 Å². The third kappa shape index (κ3) is 3.33. The van der Waals surface area contributed by atoms with Crippen molar-refractivity contribution in [1.82, 2.24) is 5.16 Å². The molecule has 8 heteroatoms. The van der Waals surface area contributed by atoms with Gasteiger partial charge in [-0.1, -0.05) is 11.2 Å². The Bertz CT molecular complexity index is 1310. The maximum atomic E-state index is 13.0. The number of aryl methyl sites for hydroxylation is 1. The van der Waals surface area contributed by atoms with Gasteiger partial charge in [0.15, 0.2) is 17.2 Å². The first-order valence-corrected chi connectivity index (χ1v) is 9.52. The van der Waals surface area contributed by atoms with E-state index in [1.165, 1.54) is 17.2 Å². The Kier molecular flexibility index (Phi) is 4.32. The molecule has 31 heavy (non-hydrogen) atoms. The van der Waals surface area contributed by atoms with Crippen LogP contribution in [0.2, 0.25) is 0 Å². The molecule has 0 bridgehead atoms. The lowest BCUT2D eigenvalue weighted by Crippen LogP contribution is -2.25. The molecule has 0 radical (unpaired) electrons. The Hall–Kier alpha value is -4.33. The maximum absolute atomic E-state index is 13.0. The first kappa shape index (κ1) is 18.7. The van der Waals surface area contributed by atoms with Crippen molar-refractivity contribution in [2.24, 2.45) is 0 Å². The Balaban J connectivity index is 1.41. The molecule has 0 atom stereocenters. The van der Waals surface area contributed by atoms with Crippen molar-refractivity contribution in [2.45, 2.75) is 6.92 Å². The number of carbonyl (C=O) groups is 2. The molecule has 0 unspecified atom stereocenters. The number of rotatable bonds is 3. The van der Waals surface area contributed by atoms with Crippen LogP contribution in [-0.2, 0) is 0 Å². The van der Waals surface area contributed by atoms with E-state index in [1.54, 1.807) is 37.4 Å². The molecule has 0 spiro atoms. The number of hydrogen-bond donors (Lipinski definition) is 1. The summed E-state index contributed by atoms with van der Waals surface area (Å²) in [5.74, 6) is 1.10. The normalized spacial score (nSPS) is 12.6. The fourth-order valence-corrected chi connectivity index (χ4v) is 3.36. The van der Waals surface area contributed by atoms with Crippen LogP contribution < -0.4 is 15.0 Å². The van der Waals surface area contributed by atoms with Crippen LogP contribution in [0.1, 0.15) is 26.4 Å². The van der Waals surface area contributed by atoms with E-state index in [1.807, 2.05) is 25.1 Å². The highest BCUT2D eigenvalue weighted by Gasteiger charge is 2.26. The molecule has 154 valence electrons. The summed E-state index contributed by atoms with van der Waals surface area (Å²) in [5.41, 5.74) is 2.55. The molecule has 0 saturated carbocycles. The van der Waals surface area contributed by atoms with Crippen LogP contribution in [-0.4, -0.2) is 24.0 Å². The number of furan rings is 1. The second-order valence-electron chi connectivity index (χ2n) is 7.16. The summed E-state index contributed by atoms with van der Waals surface area (Å²) >= 11 is 0. The summed E-state index contributed by atoms with van der Waals surface area (Å²) in [6, 6.07) is 15.4. The predicted octanol–water partition coefficient (Wildman–Crippen LogP) is 4.88. The summed E-state index contributed by atoms with van der Waals surface area (Å²) in [5, 5.41) is 6.52. The van der Waals surface area contributed by atoms with Gasteiger partial charge in [0.05, 0.1) is 17.5 Å². The van der Waals surface area contributed by atoms with Crippen LogP contribution in [0.25, 0.3) is 11.5 Å². The zero-order chi connectivity index (χ0) is 21.5. The van der Waals surface area contributed by atoms with E-state index in [0.717, 1.165) is 5.56 Å². The van der Waals surface area contributed by atoms with E-state index in [9.17, 15) is 9.59 Å². The molecule has 0 saturated heterocycles. The van der Waals surface area contributed by atoms with Gasteiger partial charge in [-0.25, -0.2) is 0 Å². The van der Waals surface area contributed by atoms with E-state index in [0.29, 0.717) is 40.0 Å². The molecule has 2 amide bonds. The van der Waals surface area contributed by atoms with Gasteiger partial charge in [-0.3, -0.25) is 9.59 Å². The fraction of sp³-hybridized carbons (Fsp3) is 0.0870. The summed E-state index contributed by atoms with van der Waals surface area (Å²) in [6.45, 7) is 1.95. The number of nitrogens with one attached hydrogen (secondary N) is 1. The first-order chi connectivity index (χ1) is 15.0. The van der Waals surface area contributed by atoms with Crippen molar-refractivity contribution < 1.29 is 23.3 Å². The largest absolute Gasteiger partial charge is 0.461 e. The minimum Gasteiger partial charge on any atom is -0.461 e. The smallest absolute Gasteiger partial charge is 0.277 e. The SMILES string of the molecule is Cc1ccc2c(c1)N(C)C(=O)c1cc(NC(=O)c3cc(-c4ccco4)on3)ccc1O2. The van der Waals surface area contributed by atoms with Gasteiger partial charge in [-0.05, 0) is 55.0 Å². The number of anilines is 2. The molecular formula is C23H17N3O5. The second kappa shape index (κ2) is 7.17. The second-order valence-corrected chi connectivity index (χ2v) is 7.16. The third-order valence-corrected chi connectivity index (χ3v) is 4.98. The molecule has 3 heterocycles. The molecule has 1 aliphatic heterocycles. The zero-order valence-electron chi connectivity index (χ0n) is 16.7. The average molecular weight is 415 g/mol. The van der Waals surface area contributed by atoms with Gasteiger partial charge < -0.3 is 23.9 Å². The van der Waals surface area contributed by atoms with Gasteiger partial charge in [-0.15, -0.1) is 0 Å². The number of amides is 2. The zero-order valence-corrected chi connectivity index (χ0v) is 16.7. The molecule has 0 aliphatic carbocycles. The number of fused-ring (bicyclic) bond motifs is 2. The minimum absolute atomic E-state index is 0.0870. The Labute approximate surface area is 177 Å². The number of aromatic nitrogens is 1. The lowest BCUT2D eigenvalue weighted by atomic mass is 10.1. The standard InChI is InChI=1S/C23H17N3O5/c1-13-5-7-19-17(10-13)26(2)23(28)15-11-14(6-8-18(15)30-19)24-22(27)16-12-21(31-25-16)20-4-3-9-29-20/h3-12H,1-2H3,(H,24,27). The van der Waals surface area contributed by atoms with Crippen LogP contribution >= 0.6 is 0 Å². The number of hydrogen-bond acceptors (Lipinski definition) is 6. The quantitative estimate of drug-likeness (QED) is 0.512. The summed E-state index contributed by atoms with van der Waals surface area (Å²) in [4.78, 5) is 27.2. The van der Waals surface area contributed by atoms with Crippen molar-refractivity contribution in [3.8, 4) is 23.0 Å². The molecule has 1 aliphatic rings. The molecule has 0 fully saturated rings. The van der Waals surface area contributed by atoms with Crippen molar-refractivity contribution in [2.75, 3.05) is 17.3 Å². The fourth-order valence-electron chi connectivity index (χ4n) is 3.36. The van der Waals surface area contributed by atoms with Gasteiger partial charge in [0.2, 0.25) is 5.76 Å². The van der Waals surface area contributed by atoms with Crippen LogP contribution in [0.4, 0.5) is 11.4 Å². The molecule has 5 rings (SSSR count). The lowest BCUT2D eigenvalue weighted by Gasteiger charge is -2.16. The maximum Gasteiger partial charge on any atom is 0.277 e. The molecule has 8 nitrogen and oxygen atoms in total. The number of benzene rings is 2. The average Bonchev–Trinajstić information content (AvgIpc) is 3.45. The van der Waals surface area contributed by atoms with Crippen LogP contribution in [0, 0.1) is 6.92 Å². The van der Waals surface area contributed by atoms with Crippen molar-refractivity contribution in [3.63, 3.8) is 0 Å². The Morgan fingerprint density at radius 2 is 1.87 bits per heavy atom. The Morgan fingerprint density at radius 3 is 2.68 bits per heavy atom. The number of carbonyl (C=O) groups excluding carboxylic acids is 2. The van der Waals surface area contributed by atoms with Gasteiger partial charge in [0, 0.05) is 18.8 Å². The van der Waals surface area contributed by atoms with Crippen molar-refractivity contribution in [1.29, 1.82) is 0 Å². The van der Waals surface area contributed by atoms with Crippen LogP contribution in [0.5, 0.6) is 11.5 Å². The molecule has 2 aromatic carbocycles. The third-order valence-electron chi connectivity index (χ3n) is 4.98. The van der Waals surface area contributed by atoms with Crippen LogP contribution in [0.15, 0.2) is 69.8 Å². The van der Waals surface area contributed by atoms with Crippen LogP contribution in [0.3, 0.4) is 0 Å². The number of nitrogens with zero attached hydrogens (tertiary/aromatic N) is 2. The molecule has 1 N–H and O–H groups in total. The van der Waals surface area contributed by atoms with Gasteiger partial charge in [0.25, 0.3) is 11.8 Å². The molecule has 2 aromatic heterocycles. The first-order valence-electron chi connectivity index (χ1n) is 9.52.